The van der Waals surface area contributed by atoms with E-state index in [0.29, 0.717) is 11.3 Å². The highest BCUT2D eigenvalue weighted by atomic mass is 16.2. The molecule has 0 aliphatic heterocycles. The molecular formula is C17H20N2O. The minimum Gasteiger partial charge on any atom is -0.398 e. The van der Waals surface area contributed by atoms with E-state index in [9.17, 15) is 4.79 Å². The molecule has 2 rings (SSSR count). The molecule has 3 heteroatoms. The van der Waals surface area contributed by atoms with E-state index < -0.39 is 0 Å². The number of carbonyl (C=O) groups excluding carboxylic acids is 1. The van der Waals surface area contributed by atoms with Crippen molar-refractivity contribution in [3.05, 3.63) is 58.7 Å². The maximum absolute atomic E-state index is 12.7. The molecule has 0 heterocycles. The summed E-state index contributed by atoms with van der Waals surface area (Å²) in [5, 5.41) is 0. The topological polar surface area (TPSA) is 46.3 Å². The monoisotopic (exact) mass is 268 g/mol. The van der Waals surface area contributed by atoms with E-state index in [1.807, 2.05) is 51.1 Å². The van der Waals surface area contributed by atoms with E-state index in [2.05, 4.69) is 0 Å². The van der Waals surface area contributed by atoms with Crippen LogP contribution in [-0.2, 0) is 0 Å². The SMILES string of the molecule is Cc1cc(C)c(C(=O)N(C)c2ccccc2C)cc1N. The summed E-state index contributed by atoms with van der Waals surface area (Å²) < 4.78 is 0. The van der Waals surface area contributed by atoms with E-state index >= 15 is 0 Å². The summed E-state index contributed by atoms with van der Waals surface area (Å²) in [6.45, 7) is 5.88. The lowest BCUT2D eigenvalue weighted by atomic mass is 10.0. The van der Waals surface area contributed by atoms with Gasteiger partial charge in [0, 0.05) is 24.0 Å². The Morgan fingerprint density at radius 3 is 2.30 bits per heavy atom. The van der Waals surface area contributed by atoms with Crippen molar-refractivity contribution < 1.29 is 4.79 Å². The summed E-state index contributed by atoms with van der Waals surface area (Å²) >= 11 is 0. The third-order valence-electron chi connectivity index (χ3n) is 3.62. The Hall–Kier alpha value is -2.29. The number of nitrogens with two attached hydrogens (primary N) is 1. The third-order valence-corrected chi connectivity index (χ3v) is 3.62. The van der Waals surface area contributed by atoms with Gasteiger partial charge in [-0.25, -0.2) is 0 Å². The van der Waals surface area contributed by atoms with Crippen LogP contribution in [0.1, 0.15) is 27.0 Å². The zero-order valence-electron chi connectivity index (χ0n) is 12.4. The van der Waals surface area contributed by atoms with Crippen molar-refractivity contribution >= 4 is 17.3 Å². The van der Waals surface area contributed by atoms with Gasteiger partial charge in [0.15, 0.2) is 0 Å². The van der Waals surface area contributed by atoms with Crippen LogP contribution in [-0.4, -0.2) is 13.0 Å². The predicted molar refractivity (Wildman–Crippen MR) is 84.2 cm³/mol. The summed E-state index contributed by atoms with van der Waals surface area (Å²) in [5.74, 6) is -0.0384. The Kier molecular flexibility index (Phi) is 3.79. The Bertz CT molecular complexity index is 662. The average Bonchev–Trinajstić information content (AvgIpc) is 2.42. The second-order valence-corrected chi connectivity index (χ2v) is 5.17. The van der Waals surface area contributed by atoms with E-state index in [1.54, 1.807) is 18.0 Å². The van der Waals surface area contributed by atoms with Gasteiger partial charge in [-0.1, -0.05) is 24.3 Å². The molecule has 0 aliphatic carbocycles. The van der Waals surface area contributed by atoms with E-state index in [0.717, 1.165) is 22.4 Å². The van der Waals surface area contributed by atoms with Crippen molar-refractivity contribution in [1.82, 2.24) is 0 Å². The first-order chi connectivity index (χ1) is 9.41. The number of para-hydroxylation sites is 1. The smallest absolute Gasteiger partial charge is 0.258 e. The number of nitrogen functional groups attached to an aromatic ring is 1. The van der Waals surface area contributed by atoms with Crippen LogP contribution in [0.4, 0.5) is 11.4 Å². The van der Waals surface area contributed by atoms with Gasteiger partial charge in [-0.2, -0.15) is 0 Å². The molecule has 2 aromatic rings. The van der Waals surface area contributed by atoms with Crippen molar-refractivity contribution in [3.8, 4) is 0 Å². The van der Waals surface area contributed by atoms with E-state index in [1.165, 1.54) is 0 Å². The van der Waals surface area contributed by atoms with Gasteiger partial charge in [0.2, 0.25) is 0 Å². The fraction of sp³-hybridized carbons (Fsp3) is 0.235. The molecule has 0 aliphatic rings. The van der Waals surface area contributed by atoms with Crippen LogP contribution in [0, 0.1) is 20.8 Å². The summed E-state index contributed by atoms with van der Waals surface area (Å²) in [6.07, 6.45) is 0. The summed E-state index contributed by atoms with van der Waals surface area (Å²) in [7, 11) is 1.79. The zero-order chi connectivity index (χ0) is 14.9. The summed E-state index contributed by atoms with van der Waals surface area (Å²) in [4.78, 5) is 14.3. The molecular weight excluding hydrogens is 248 g/mol. The Labute approximate surface area is 120 Å². The molecule has 1 amide bonds. The van der Waals surface area contributed by atoms with Crippen LogP contribution in [0.5, 0.6) is 0 Å². The van der Waals surface area contributed by atoms with Crippen LogP contribution in [0.15, 0.2) is 36.4 Å². The second-order valence-electron chi connectivity index (χ2n) is 5.17. The standard InChI is InChI=1S/C17H20N2O/c1-11-7-5-6-8-16(11)19(4)17(20)14-10-15(18)13(3)9-12(14)2/h5-10H,18H2,1-4H3. The lowest BCUT2D eigenvalue weighted by Gasteiger charge is -2.21. The van der Waals surface area contributed by atoms with Gasteiger partial charge < -0.3 is 10.6 Å². The number of nitrogens with zero attached hydrogens (tertiary/aromatic N) is 1. The van der Waals surface area contributed by atoms with Gasteiger partial charge in [-0.3, -0.25) is 4.79 Å². The Morgan fingerprint density at radius 1 is 1.00 bits per heavy atom. The highest BCUT2D eigenvalue weighted by molar-refractivity contribution is 6.07. The molecule has 0 radical (unpaired) electrons. The molecule has 104 valence electrons. The minimum absolute atomic E-state index is 0.0384. The molecule has 20 heavy (non-hydrogen) atoms. The largest absolute Gasteiger partial charge is 0.398 e. The van der Waals surface area contributed by atoms with Gasteiger partial charge in [0.05, 0.1) is 0 Å². The number of rotatable bonds is 2. The zero-order valence-corrected chi connectivity index (χ0v) is 12.4. The van der Waals surface area contributed by atoms with Gasteiger partial charge in [0.25, 0.3) is 5.91 Å². The maximum atomic E-state index is 12.7. The number of benzene rings is 2. The lowest BCUT2D eigenvalue weighted by molar-refractivity contribution is 0.0992. The van der Waals surface area contributed by atoms with E-state index in [-0.39, 0.29) is 5.91 Å². The molecule has 3 nitrogen and oxygen atoms in total. The minimum atomic E-state index is -0.0384. The first-order valence-electron chi connectivity index (χ1n) is 6.62. The average molecular weight is 268 g/mol. The highest BCUT2D eigenvalue weighted by Gasteiger charge is 2.17. The van der Waals surface area contributed by atoms with Crippen molar-refractivity contribution in [2.24, 2.45) is 0 Å². The van der Waals surface area contributed by atoms with Gasteiger partial charge in [-0.05, 0) is 49.6 Å². The summed E-state index contributed by atoms with van der Waals surface area (Å²) in [6, 6.07) is 11.6. The van der Waals surface area contributed by atoms with Gasteiger partial charge in [0.1, 0.15) is 0 Å². The molecule has 2 N–H and O–H groups in total. The molecule has 0 bridgehead atoms. The number of amides is 1. The first-order valence-corrected chi connectivity index (χ1v) is 6.62. The first kappa shape index (κ1) is 14.1. The van der Waals surface area contributed by atoms with Crippen LogP contribution in [0.3, 0.4) is 0 Å². The number of carbonyl (C=O) groups is 1. The fourth-order valence-corrected chi connectivity index (χ4v) is 2.33. The maximum Gasteiger partial charge on any atom is 0.258 e. The molecule has 0 spiro atoms. The predicted octanol–water partition coefficient (Wildman–Crippen LogP) is 3.47. The normalized spacial score (nSPS) is 10.4. The highest BCUT2D eigenvalue weighted by Crippen LogP contribution is 2.23. The van der Waals surface area contributed by atoms with Gasteiger partial charge in [-0.15, -0.1) is 0 Å². The fourth-order valence-electron chi connectivity index (χ4n) is 2.33. The van der Waals surface area contributed by atoms with Crippen molar-refractivity contribution in [1.29, 1.82) is 0 Å². The molecule has 0 aromatic heterocycles. The van der Waals surface area contributed by atoms with Crippen molar-refractivity contribution in [3.63, 3.8) is 0 Å². The number of aryl methyl sites for hydroxylation is 3. The number of hydrogen-bond acceptors (Lipinski definition) is 2. The molecule has 0 unspecified atom stereocenters. The molecule has 0 fully saturated rings. The third kappa shape index (κ3) is 2.52. The summed E-state index contributed by atoms with van der Waals surface area (Å²) in [5.41, 5.74) is 11.2. The number of anilines is 2. The van der Waals surface area contributed by atoms with E-state index in [4.69, 9.17) is 5.73 Å². The Morgan fingerprint density at radius 2 is 1.65 bits per heavy atom. The molecule has 2 aromatic carbocycles. The van der Waals surface area contributed by atoms with Crippen molar-refractivity contribution in [2.75, 3.05) is 17.7 Å². The van der Waals surface area contributed by atoms with Crippen molar-refractivity contribution in [2.45, 2.75) is 20.8 Å². The van der Waals surface area contributed by atoms with Crippen LogP contribution >= 0.6 is 0 Å². The molecule has 0 saturated heterocycles. The number of hydrogen-bond donors (Lipinski definition) is 1. The second kappa shape index (κ2) is 5.37. The lowest BCUT2D eigenvalue weighted by Crippen LogP contribution is -2.27. The van der Waals surface area contributed by atoms with Crippen LogP contribution < -0.4 is 10.6 Å². The van der Waals surface area contributed by atoms with Gasteiger partial charge >= 0.3 is 0 Å². The van der Waals surface area contributed by atoms with Crippen LogP contribution in [0.25, 0.3) is 0 Å². The Balaban J connectivity index is 2.42. The van der Waals surface area contributed by atoms with Crippen LogP contribution in [0.2, 0.25) is 0 Å². The molecule has 0 saturated carbocycles. The molecule has 0 atom stereocenters. The quantitative estimate of drug-likeness (QED) is 0.848.